The zero-order valence-electron chi connectivity index (χ0n) is 15.4. The van der Waals surface area contributed by atoms with Crippen LogP contribution < -0.4 is 0 Å². The van der Waals surface area contributed by atoms with Crippen molar-refractivity contribution in [2.75, 3.05) is 12.8 Å². The second-order valence-electron chi connectivity index (χ2n) is 6.10. The van der Waals surface area contributed by atoms with Gasteiger partial charge in [0.25, 0.3) is 5.91 Å². The van der Waals surface area contributed by atoms with Crippen molar-refractivity contribution in [3.05, 3.63) is 64.1 Å². The molecule has 0 bridgehead atoms. The van der Waals surface area contributed by atoms with Gasteiger partial charge in [-0.25, -0.2) is 4.99 Å². The SMILES string of the molecule is CCN1C(=O)/C(=C/c2ccc(SC)cc2)SC1=Nc1ccc(C)c(C)c1. The Morgan fingerprint density at radius 1 is 1.12 bits per heavy atom. The van der Waals surface area contributed by atoms with Crippen LogP contribution >= 0.6 is 23.5 Å². The summed E-state index contributed by atoms with van der Waals surface area (Å²) in [5.74, 6) is 0.0222. The van der Waals surface area contributed by atoms with Crippen LogP contribution in [0.4, 0.5) is 5.69 Å². The molecule has 0 spiro atoms. The van der Waals surface area contributed by atoms with E-state index in [0.717, 1.165) is 16.4 Å². The first-order valence-corrected chi connectivity index (χ1v) is 10.6. The lowest BCUT2D eigenvalue weighted by Gasteiger charge is -2.12. The third-order valence-electron chi connectivity index (χ3n) is 4.33. The van der Waals surface area contributed by atoms with E-state index < -0.39 is 0 Å². The maximum absolute atomic E-state index is 12.7. The molecule has 0 unspecified atom stereocenters. The molecule has 3 rings (SSSR count). The normalized spacial score (nSPS) is 17.5. The van der Waals surface area contributed by atoms with Crippen LogP contribution in [-0.4, -0.2) is 28.8 Å². The van der Waals surface area contributed by atoms with E-state index in [2.05, 4.69) is 44.4 Å². The summed E-state index contributed by atoms with van der Waals surface area (Å²) in [4.78, 5) is 21.1. The Labute approximate surface area is 163 Å². The Bertz CT molecular complexity index is 885. The van der Waals surface area contributed by atoms with E-state index in [1.165, 1.54) is 27.8 Å². The van der Waals surface area contributed by atoms with Crippen LogP contribution in [-0.2, 0) is 4.79 Å². The molecule has 2 aromatic rings. The van der Waals surface area contributed by atoms with E-state index in [9.17, 15) is 4.79 Å². The molecular weight excluding hydrogens is 360 g/mol. The van der Waals surface area contributed by atoms with Crippen molar-refractivity contribution in [3.63, 3.8) is 0 Å². The zero-order valence-corrected chi connectivity index (χ0v) is 17.1. The Kier molecular flexibility index (Phi) is 5.89. The number of carbonyl (C=O) groups is 1. The van der Waals surface area contributed by atoms with Crippen LogP contribution in [0.2, 0.25) is 0 Å². The number of aliphatic imine (C=N–C) groups is 1. The van der Waals surface area contributed by atoms with Gasteiger partial charge in [0, 0.05) is 11.4 Å². The lowest BCUT2D eigenvalue weighted by molar-refractivity contribution is -0.122. The van der Waals surface area contributed by atoms with Crippen molar-refractivity contribution in [1.82, 2.24) is 4.90 Å². The molecule has 26 heavy (non-hydrogen) atoms. The van der Waals surface area contributed by atoms with Gasteiger partial charge in [-0.2, -0.15) is 0 Å². The molecule has 0 aliphatic carbocycles. The molecule has 3 nitrogen and oxygen atoms in total. The highest BCUT2D eigenvalue weighted by Gasteiger charge is 2.32. The number of likely N-dealkylation sites (N-methyl/N-ethyl adjacent to an activating group) is 1. The second kappa shape index (κ2) is 8.14. The number of hydrogen-bond acceptors (Lipinski definition) is 4. The Balaban J connectivity index is 1.90. The summed E-state index contributed by atoms with van der Waals surface area (Å²) in [6, 6.07) is 14.4. The van der Waals surface area contributed by atoms with Gasteiger partial charge in [-0.15, -0.1) is 11.8 Å². The molecule has 0 N–H and O–H groups in total. The van der Waals surface area contributed by atoms with Crippen molar-refractivity contribution in [3.8, 4) is 0 Å². The minimum atomic E-state index is 0.0222. The number of nitrogens with zero attached hydrogens (tertiary/aromatic N) is 2. The molecule has 2 aromatic carbocycles. The summed E-state index contributed by atoms with van der Waals surface area (Å²) >= 11 is 3.15. The van der Waals surface area contributed by atoms with Crippen LogP contribution in [0.15, 0.2) is 57.3 Å². The predicted octanol–water partition coefficient (Wildman–Crippen LogP) is 5.65. The van der Waals surface area contributed by atoms with E-state index in [0.29, 0.717) is 11.4 Å². The van der Waals surface area contributed by atoms with E-state index >= 15 is 0 Å². The third-order valence-corrected chi connectivity index (χ3v) is 6.08. The summed E-state index contributed by atoms with van der Waals surface area (Å²) in [7, 11) is 0. The van der Waals surface area contributed by atoms with Gasteiger partial charge in [0.2, 0.25) is 0 Å². The molecular formula is C21H22N2OS2. The van der Waals surface area contributed by atoms with Gasteiger partial charge >= 0.3 is 0 Å². The van der Waals surface area contributed by atoms with Crippen LogP contribution in [0, 0.1) is 13.8 Å². The average Bonchev–Trinajstić information content (AvgIpc) is 2.93. The Hall–Kier alpha value is -1.98. The first-order valence-electron chi connectivity index (χ1n) is 8.53. The van der Waals surface area contributed by atoms with Gasteiger partial charge in [0.1, 0.15) is 0 Å². The lowest BCUT2D eigenvalue weighted by atomic mass is 10.1. The Morgan fingerprint density at radius 3 is 2.46 bits per heavy atom. The molecule has 0 radical (unpaired) electrons. The summed E-state index contributed by atoms with van der Waals surface area (Å²) in [6.45, 7) is 6.75. The van der Waals surface area contributed by atoms with Gasteiger partial charge in [-0.1, -0.05) is 18.2 Å². The summed E-state index contributed by atoms with van der Waals surface area (Å²) in [5.41, 5.74) is 4.36. The zero-order chi connectivity index (χ0) is 18.7. The van der Waals surface area contributed by atoms with Gasteiger partial charge in [0.15, 0.2) is 5.17 Å². The van der Waals surface area contributed by atoms with E-state index in [1.807, 2.05) is 31.2 Å². The molecule has 1 aliphatic heterocycles. The highest BCUT2D eigenvalue weighted by molar-refractivity contribution is 8.18. The van der Waals surface area contributed by atoms with E-state index in [1.54, 1.807) is 16.7 Å². The molecule has 1 amide bonds. The molecule has 1 saturated heterocycles. The molecule has 0 aromatic heterocycles. The maximum atomic E-state index is 12.7. The lowest BCUT2D eigenvalue weighted by Crippen LogP contribution is -2.28. The number of carbonyl (C=O) groups excluding carboxylic acids is 1. The van der Waals surface area contributed by atoms with E-state index in [4.69, 9.17) is 4.99 Å². The molecule has 1 aliphatic rings. The number of rotatable bonds is 4. The number of aryl methyl sites for hydroxylation is 2. The smallest absolute Gasteiger partial charge is 0.266 e. The fourth-order valence-corrected chi connectivity index (χ4v) is 4.10. The summed E-state index contributed by atoms with van der Waals surface area (Å²) in [5, 5.41) is 0.743. The van der Waals surface area contributed by atoms with Crippen molar-refractivity contribution in [2.45, 2.75) is 25.7 Å². The third kappa shape index (κ3) is 4.05. The molecule has 5 heteroatoms. The van der Waals surface area contributed by atoms with Crippen LogP contribution in [0.5, 0.6) is 0 Å². The standard InChI is InChI=1S/C21H22N2OS2/c1-5-23-20(24)19(13-16-7-10-18(25-4)11-8-16)26-21(23)22-17-9-6-14(2)15(3)12-17/h6-13H,5H2,1-4H3/b19-13-,22-21?. The number of amidine groups is 1. The minimum Gasteiger partial charge on any atom is -0.287 e. The van der Waals surface area contributed by atoms with Gasteiger partial charge in [0.05, 0.1) is 10.6 Å². The monoisotopic (exact) mass is 382 g/mol. The molecule has 134 valence electrons. The van der Waals surface area contributed by atoms with Crippen molar-refractivity contribution < 1.29 is 4.79 Å². The fraction of sp³-hybridized carbons (Fsp3) is 0.238. The highest BCUT2D eigenvalue weighted by atomic mass is 32.2. The number of amides is 1. The van der Waals surface area contributed by atoms with Crippen LogP contribution in [0.3, 0.4) is 0 Å². The van der Waals surface area contributed by atoms with Crippen LogP contribution in [0.25, 0.3) is 6.08 Å². The summed E-state index contributed by atoms with van der Waals surface area (Å²) in [6.07, 6.45) is 4.00. The largest absolute Gasteiger partial charge is 0.287 e. The fourth-order valence-electron chi connectivity index (χ4n) is 2.63. The van der Waals surface area contributed by atoms with Crippen LogP contribution in [0.1, 0.15) is 23.6 Å². The van der Waals surface area contributed by atoms with Crippen molar-refractivity contribution in [2.24, 2.45) is 4.99 Å². The predicted molar refractivity (Wildman–Crippen MR) is 114 cm³/mol. The molecule has 1 fully saturated rings. The second-order valence-corrected chi connectivity index (χ2v) is 7.98. The molecule has 1 heterocycles. The van der Waals surface area contributed by atoms with Crippen molar-refractivity contribution in [1.29, 1.82) is 0 Å². The van der Waals surface area contributed by atoms with E-state index in [-0.39, 0.29) is 5.91 Å². The van der Waals surface area contributed by atoms with Gasteiger partial charge < -0.3 is 0 Å². The molecule has 0 saturated carbocycles. The van der Waals surface area contributed by atoms with Gasteiger partial charge in [-0.05, 0) is 85.8 Å². The highest BCUT2D eigenvalue weighted by Crippen LogP contribution is 2.34. The summed E-state index contributed by atoms with van der Waals surface area (Å²) < 4.78 is 0. The minimum absolute atomic E-state index is 0.0222. The number of hydrogen-bond donors (Lipinski definition) is 0. The quantitative estimate of drug-likeness (QED) is 0.506. The maximum Gasteiger partial charge on any atom is 0.266 e. The first-order chi connectivity index (χ1) is 12.5. The number of thioether (sulfide) groups is 2. The van der Waals surface area contributed by atoms with Gasteiger partial charge in [-0.3, -0.25) is 9.69 Å². The van der Waals surface area contributed by atoms with Crippen molar-refractivity contribution >= 4 is 46.4 Å². The molecule has 0 atom stereocenters. The first kappa shape index (κ1) is 18.8. The Morgan fingerprint density at radius 2 is 1.85 bits per heavy atom. The average molecular weight is 383 g/mol. The number of benzene rings is 2. The topological polar surface area (TPSA) is 32.7 Å².